The number of hydrogen-bond acceptors (Lipinski definition) is 3. The van der Waals surface area contributed by atoms with Gasteiger partial charge >= 0.3 is 0 Å². The molecule has 1 aliphatic rings. The molecule has 0 amide bonds. The lowest BCUT2D eigenvalue weighted by Gasteiger charge is -2.13. The maximum absolute atomic E-state index is 5.72. The molecule has 1 heterocycles. The molecule has 1 saturated carbocycles. The zero-order chi connectivity index (χ0) is 11.2. The highest BCUT2D eigenvalue weighted by Gasteiger charge is 2.20. The topological polar surface area (TPSA) is 34.1 Å². The summed E-state index contributed by atoms with van der Waals surface area (Å²) in [5.41, 5.74) is 1.10. The number of rotatable bonds is 7. The van der Waals surface area contributed by atoms with E-state index in [1.165, 1.54) is 12.8 Å². The molecular formula is C13H20N2O. The molecule has 0 bridgehead atoms. The fourth-order valence-electron chi connectivity index (χ4n) is 1.59. The fourth-order valence-corrected chi connectivity index (χ4v) is 1.59. The molecule has 1 unspecified atom stereocenters. The minimum absolute atomic E-state index is 0.296. The molecule has 1 aromatic rings. The van der Waals surface area contributed by atoms with Crippen molar-refractivity contribution in [3.05, 3.63) is 30.1 Å². The summed E-state index contributed by atoms with van der Waals surface area (Å²) < 4.78 is 5.72. The molecule has 0 aliphatic heterocycles. The van der Waals surface area contributed by atoms with Gasteiger partial charge in [0.05, 0.1) is 12.7 Å². The van der Waals surface area contributed by atoms with Crippen LogP contribution in [0.15, 0.2) is 24.4 Å². The first-order valence-corrected chi connectivity index (χ1v) is 6.09. The van der Waals surface area contributed by atoms with E-state index in [-0.39, 0.29) is 0 Å². The van der Waals surface area contributed by atoms with Crippen LogP contribution in [0.4, 0.5) is 0 Å². The minimum atomic E-state index is 0.296. The quantitative estimate of drug-likeness (QED) is 0.760. The van der Waals surface area contributed by atoms with Crippen LogP contribution in [0.3, 0.4) is 0 Å². The van der Waals surface area contributed by atoms with Gasteiger partial charge in [-0.1, -0.05) is 6.07 Å². The Balaban J connectivity index is 1.56. The molecule has 1 fully saturated rings. The molecular weight excluding hydrogens is 200 g/mol. The van der Waals surface area contributed by atoms with Crippen molar-refractivity contribution in [1.82, 2.24) is 10.3 Å². The van der Waals surface area contributed by atoms with Crippen LogP contribution in [0.5, 0.6) is 0 Å². The Morgan fingerprint density at radius 3 is 3.06 bits per heavy atom. The van der Waals surface area contributed by atoms with Gasteiger partial charge in [0.2, 0.25) is 0 Å². The van der Waals surface area contributed by atoms with Crippen molar-refractivity contribution in [2.24, 2.45) is 0 Å². The largest absolute Gasteiger partial charge is 0.377 e. The summed E-state index contributed by atoms with van der Waals surface area (Å²) in [5.74, 6) is 0. The monoisotopic (exact) mass is 220 g/mol. The average molecular weight is 220 g/mol. The third-order valence-corrected chi connectivity index (χ3v) is 2.76. The summed E-state index contributed by atoms with van der Waals surface area (Å²) in [6.07, 6.45) is 5.69. The van der Waals surface area contributed by atoms with Gasteiger partial charge < -0.3 is 10.1 Å². The predicted octanol–water partition coefficient (Wildman–Crippen LogP) is 1.78. The van der Waals surface area contributed by atoms with Gasteiger partial charge in [-0.05, 0) is 31.9 Å². The predicted molar refractivity (Wildman–Crippen MR) is 64.4 cm³/mol. The van der Waals surface area contributed by atoms with Crippen LogP contribution >= 0.6 is 0 Å². The van der Waals surface area contributed by atoms with Crippen molar-refractivity contribution < 1.29 is 4.74 Å². The first kappa shape index (κ1) is 11.6. The van der Waals surface area contributed by atoms with E-state index >= 15 is 0 Å². The van der Waals surface area contributed by atoms with E-state index in [4.69, 9.17) is 4.74 Å². The second-order valence-electron chi connectivity index (χ2n) is 4.44. The highest BCUT2D eigenvalue weighted by molar-refractivity contribution is 5.03. The summed E-state index contributed by atoms with van der Waals surface area (Å²) >= 11 is 0. The van der Waals surface area contributed by atoms with Crippen LogP contribution in [0.1, 0.15) is 25.5 Å². The molecule has 3 nitrogen and oxygen atoms in total. The van der Waals surface area contributed by atoms with E-state index in [9.17, 15) is 0 Å². The molecule has 1 aliphatic carbocycles. The third kappa shape index (κ3) is 4.29. The van der Waals surface area contributed by atoms with Crippen molar-refractivity contribution in [3.63, 3.8) is 0 Å². The fraction of sp³-hybridized carbons (Fsp3) is 0.615. The van der Waals surface area contributed by atoms with E-state index in [0.29, 0.717) is 6.10 Å². The number of aromatic nitrogens is 1. The van der Waals surface area contributed by atoms with Crippen LogP contribution in [-0.4, -0.2) is 30.3 Å². The van der Waals surface area contributed by atoms with E-state index in [1.807, 2.05) is 24.4 Å². The lowest BCUT2D eigenvalue weighted by atomic mass is 10.3. The molecule has 1 aromatic heterocycles. The Morgan fingerprint density at radius 2 is 2.38 bits per heavy atom. The Hall–Kier alpha value is -0.930. The lowest BCUT2D eigenvalue weighted by Crippen LogP contribution is -2.28. The van der Waals surface area contributed by atoms with Gasteiger partial charge in [0.15, 0.2) is 0 Å². The number of nitrogens with one attached hydrogen (secondary N) is 1. The van der Waals surface area contributed by atoms with E-state index in [2.05, 4.69) is 17.2 Å². The molecule has 1 atom stereocenters. The number of ether oxygens (including phenoxy) is 1. The molecule has 88 valence electrons. The maximum atomic E-state index is 5.72. The lowest BCUT2D eigenvalue weighted by molar-refractivity contribution is 0.0675. The highest BCUT2D eigenvalue weighted by Crippen LogP contribution is 2.18. The zero-order valence-electron chi connectivity index (χ0n) is 9.86. The van der Waals surface area contributed by atoms with Gasteiger partial charge in [0.1, 0.15) is 0 Å². The first-order valence-electron chi connectivity index (χ1n) is 6.09. The summed E-state index contributed by atoms with van der Waals surface area (Å²) in [6.45, 7) is 3.84. The molecule has 1 N–H and O–H groups in total. The highest BCUT2D eigenvalue weighted by atomic mass is 16.5. The SMILES string of the molecule is CC(CNC1CC1)OCCc1ccccn1. The van der Waals surface area contributed by atoms with Gasteiger partial charge in [-0.3, -0.25) is 4.98 Å². The first-order chi connectivity index (χ1) is 7.84. The maximum Gasteiger partial charge on any atom is 0.0671 e. The zero-order valence-corrected chi connectivity index (χ0v) is 9.86. The average Bonchev–Trinajstić information content (AvgIpc) is 3.12. The molecule has 0 radical (unpaired) electrons. The van der Waals surface area contributed by atoms with Crippen LogP contribution in [-0.2, 0) is 11.2 Å². The molecule has 0 aromatic carbocycles. The van der Waals surface area contributed by atoms with E-state index in [0.717, 1.165) is 31.3 Å². The van der Waals surface area contributed by atoms with Crippen LogP contribution in [0, 0.1) is 0 Å². The molecule has 16 heavy (non-hydrogen) atoms. The summed E-state index contributed by atoms with van der Waals surface area (Å²) in [5, 5.41) is 3.46. The Labute approximate surface area is 97.2 Å². The number of pyridine rings is 1. The number of hydrogen-bond donors (Lipinski definition) is 1. The van der Waals surface area contributed by atoms with E-state index < -0.39 is 0 Å². The molecule has 2 rings (SSSR count). The van der Waals surface area contributed by atoms with Gasteiger partial charge in [0.25, 0.3) is 0 Å². The van der Waals surface area contributed by atoms with E-state index in [1.54, 1.807) is 0 Å². The van der Waals surface area contributed by atoms with Crippen LogP contribution in [0.2, 0.25) is 0 Å². The summed E-state index contributed by atoms with van der Waals surface area (Å²) in [6, 6.07) is 6.76. The van der Waals surface area contributed by atoms with Crippen molar-refractivity contribution >= 4 is 0 Å². The van der Waals surface area contributed by atoms with Gasteiger partial charge in [-0.15, -0.1) is 0 Å². The minimum Gasteiger partial charge on any atom is -0.377 e. The Bertz CT molecular complexity index is 298. The molecule has 0 saturated heterocycles. The second kappa shape index (κ2) is 5.97. The van der Waals surface area contributed by atoms with Crippen molar-refractivity contribution in [2.45, 2.75) is 38.3 Å². The van der Waals surface area contributed by atoms with Gasteiger partial charge in [-0.25, -0.2) is 0 Å². The van der Waals surface area contributed by atoms with Crippen LogP contribution in [0.25, 0.3) is 0 Å². The third-order valence-electron chi connectivity index (χ3n) is 2.76. The van der Waals surface area contributed by atoms with Gasteiger partial charge in [0, 0.05) is 30.9 Å². The summed E-state index contributed by atoms with van der Waals surface area (Å²) in [7, 11) is 0. The van der Waals surface area contributed by atoms with Crippen molar-refractivity contribution in [2.75, 3.05) is 13.2 Å². The van der Waals surface area contributed by atoms with Crippen LogP contribution < -0.4 is 5.32 Å². The Morgan fingerprint density at radius 1 is 1.50 bits per heavy atom. The molecule has 0 spiro atoms. The standard InChI is InChI=1S/C13H20N2O/c1-11(10-15-13-5-6-13)16-9-7-12-4-2-3-8-14-12/h2-4,8,11,13,15H,5-7,9-10H2,1H3. The van der Waals surface area contributed by atoms with Crippen molar-refractivity contribution in [1.29, 1.82) is 0 Å². The normalized spacial score (nSPS) is 17.3. The Kier molecular flexibility index (Phi) is 4.31. The number of nitrogens with zero attached hydrogens (tertiary/aromatic N) is 1. The van der Waals surface area contributed by atoms with Gasteiger partial charge in [-0.2, -0.15) is 0 Å². The summed E-state index contributed by atoms with van der Waals surface area (Å²) in [4.78, 5) is 4.26. The second-order valence-corrected chi connectivity index (χ2v) is 4.44. The van der Waals surface area contributed by atoms with Crippen molar-refractivity contribution in [3.8, 4) is 0 Å². The smallest absolute Gasteiger partial charge is 0.0671 e. The molecule has 3 heteroatoms.